The average Bonchev–Trinajstić information content (AvgIpc) is 2.67. The van der Waals surface area contributed by atoms with E-state index in [-0.39, 0.29) is 12.2 Å². The van der Waals surface area contributed by atoms with Crippen molar-refractivity contribution in [3.8, 4) is 0 Å². The molecular formula is C11H27N3O2. The highest BCUT2D eigenvalue weighted by atomic mass is 16.5. The van der Waals surface area contributed by atoms with Crippen molar-refractivity contribution in [2.75, 3.05) is 46.4 Å². The second kappa shape index (κ2) is 9.99. The molecular weight excluding hydrogens is 206 g/mol. The van der Waals surface area contributed by atoms with Crippen molar-refractivity contribution in [3.63, 3.8) is 0 Å². The van der Waals surface area contributed by atoms with Gasteiger partial charge in [-0.15, -0.1) is 0 Å². The van der Waals surface area contributed by atoms with Gasteiger partial charge in [0.2, 0.25) is 0 Å². The molecule has 5 heteroatoms. The van der Waals surface area contributed by atoms with Gasteiger partial charge in [0, 0.05) is 26.2 Å². The molecule has 0 radical (unpaired) electrons. The number of ether oxygens (including phenoxy) is 2. The van der Waals surface area contributed by atoms with Crippen molar-refractivity contribution in [3.05, 3.63) is 0 Å². The van der Waals surface area contributed by atoms with Crippen molar-refractivity contribution in [2.24, 2.45) is 11.5 Å². The Balaban J connectivity index is 0.00000106. The predicted octanol–water partition coefficient (Wildman–Crippen LogP) is -0.354. The Labute approximate surface area is 99.1 Å². The molecule has 4 N–H and O–H groups in total. The summed E-state index contributed by atoms with van der Waals surface area (Å²) in [4.78, 5) is 2.20. The minimum Gasteiger partial charge on any atom is -0.373 e. The lowest BCUT2D eigenvalue weighted by atomic mass is 10.2. The van der Waals surface area contributed by atoms with E-state index in [1.165, 1.54) is 0 Å². The Morgan fingerprint density at radius 2 is 1.38 bits per heavy atom. The van der Waals surface area contributed by atoms with Gasteiger partial charge in [0.15, 0.2) is 0 Å². The van der Waals surface area contributed by atoms with Crippen LogP contribution >= 0.6 is 0 Å². The number of nitrogens with two attached hydrogens (primary N) is 2. The van der Waals surface area contributed by atoms with Crippen LogP contribution in [0.25, 0.3) is 0 Å². The van der Waals surface area contributed by atoms with Gasteiger partial charge in [0.1, 0.15) is 0 Å². The van der Waals surface area contributed by atoms with E-state index in [1.54, 1.807) is 0 Å². The molecule has 1 aliphatic rings. The molecule has 0 aromatic heterocycles. The van der Waals surface area contributed by atoms with E-state index in [4.69, 9.17) is 20.9 Å². The molecule has 0 aromatic carbocycles. The van der Waals surface area contributed by atoms with Gasteiger partial charge >= 0.3 is 0 Å². The molecule has 1 aliphatic heterocycles. The Morgan fingerprint density at radius 1 is 1.00 bits per heavy atom. The van der Waals surface area contributed by atoms with Crippen LogP contribution in [0.3, 0.4) is 0 Å². The van der Waals surface area contributed by atoms with Crippen molar-refractivity contribution in [1.82, 2.24) is 4.90 Å². The predicted molar refractivity (Wildman–Crippen MR) is 66.4 cm³/mol. The number of rotatable bonds is 6. The summed E-state index contributed by atoms with van der Waals surface area (Å²) in [6.07, 6.45) is 0.296. The zero-order valence-electron chi connectivity index (χ0n) is 10.8. The zero-order valence-corrected chi connectivity index (χ0v) is 10.8. The second-order valence-electron chi connectivity index (χ2n) is 3.62. The summed E-state index contributed by atoms with van der Waals surface area (Å²) >= 11 is 0. The number of likely N-dealkylation sites (tertiary alicyclic amines) is 1. The zero-order chi connectivity index (χ0) is 12.4. The molecule has 2 atom stereocenters. The first-order valence-corrected chi connectivity index (χ1v) is 6.09. The first-order chi connectivity index (χ1) is 7.77. The van der Waals surface area contributed by atoms with Gasteiger partial charge in [-0.1, -0.05) is 13.8 Å². The van der Waals surface area contributed by atoms with E-state index < -0.39 is 0 Å². The van der Waals surface area contributed by atoms with E-state index in [9.17, 15) is 0 Å². The Morgan fingerprint density at radius 3 is 1.69 bits per heavy atom. The molecule has 0 spiro atoms. The minimum atomic E-state index is 0.148. The van der Waals surface area contributed by atoms with Crippen molar-refractivity contribution in [2.45, 2.75) is 26.1 Å². The highest BCUT2D eigenvalue weighted by molar-refractivity contribution is 4.84. The van der Waals surface area contributed by atoms with E-state index in [0.29, 0.717) is 26.3 Å². The molecule has 0 aromatic rings. The van der Waals surface area contributed by atoms with Gasteiger partial charge in [-0.2, -0.15) is 0 Å². The van der Waals surface area contributed by atoms with Crippen LogP contribution in [-0.2, 0) is 9.47 Å². The maximum atomic E-state index is 5.60. The van der Waals surface area contributed by atoms with Crippen molar-refractivity contribution >= 4 is 0 Å². The SMILES string of the molecule is CC.CN1CC(OCCN)C(OCCN)C1. The fraction of sp³-hybridized carbons (Fsp3) is 1.00. The van der Waals surface area contributed by atoms with Gasteiger partial charge in [-0.3, -0.25) is 0 Å². The summed E-state index contributed by atoms with van der Waals surface area (Å²) in [6.45, 7) is 8.14. The Kier molecular flexibility index (Phi) is 9.86. The van der Waals surface area contributed by atoms with Gasteiger partial charge in [0.25, 0.3) is 0 Å². The second-order valence-corrected chi connectivity index (χ2v) is 3.62. The molecule has 1 fully saturated rings. The molecule has 1 heterocycles. The third-order valence-corrected chi connectivity index (χ3v) is 2.30. The molecule has 0 aliphatic carbocycles. The van der Waals surface area contributed by atoms with Crippen LogP contribution in [0, 0.1) is 0 Å². The molecule has 0 amide bonds. The average molecular weight is 233 g/mol. The molecule has 5 nitrogen and oxygen atoms in total. The fourth-order valence-electron chi connectivity index (χ4n) is 1.68. The molecule has 1 rings (SSSR count). The summed E-state index contributed by atoms with van der Waals surface area (Å²) in [7, 11) is 2.06. The first-order valence-electron chi connectivity index (χ1n) is 6.09. The van der Waals surface area contributed by atoms with Crippen LogP contribution < -0.4 is 11.5 Å². The smallest absolute Gasteiger partial charge is 0.0976 e. The third-order valence-electron chi connectivity index (χ3n) is 2.30. The van der Waals surface area contributed by atoms with Crippen LogP contribution in [0.2, 0.25) is 0 Å². The molecule has 0 saturated carbocycles. The maximum absolute atomic E-state index is 5.60. The Hall–Kier alpha value is -0.200. The molecule has 1 saturated heterocycles. The van der Waals surface area contributed by atoms with Crippen molar-refractivity contribution < 1.29 is 9.47 Å². The van der Waals surface area contributed by atoms with E-state index in [1.807, 2.05) is 13.8 Å². The molecule has 16 heavy (non-hydrogen) atoms. The molecule has 2 unspecified atom stereocenters. The lowest BCUT2D eigenvalue weighted by molar-refractivity contribution is -0.0419. The van der Waals surface area contributed by atoms with Crippen LogP contribution in [0.4, 0.5) is 0 Å². The summed E-state index contributed by atoms with van der Waals surface area (Å²) in [5.74, 6) is 0. The summed E-state index contributed by atoms with van der Waals surface area (Å²) in [6, 6.07) is 0. The monoisotopic (exact) mass is 233 g/mol. The van der Waals surface area contributed by atoms with Gasteiger partial charge < -0.3 is 25.8 Å². The largest absolute Gasteiger partial charge is 0.373 e. The standard InChI is InChI=1S/C9H21N3O2.C2H6/c1-12-6-8(13-4-2-10)9(7-12)14-5-3-11;1-2/h8-9H,2-7,10-11H2,1H3;1-2H3. The Bertz CT molecular complexity index is 142. The van der Waals surface area contributed by atoms with E-state index in [2.05, 4.69) is 11.9 Å². The van der Waals surface area contributed by atoms with Gasteiger partial charge in [-0.05, 0) is 7.05 Å². The normalized spacial score (nSPS) is 25.3. The van der Waals surface area contributed by atoms with E-state index >= 15 is 0 Å². The number of likely N-dealkylation sites (N-methyl/N-ethyl adjacent to an activating group) is 1. The highest BCUT2D eigenvalue weighted by Crippen LogP contribution is 2.14. The highest BCUT2D eigenvalue weighted by Gasteiger charge is 2.31. The van der Waals surface area contributed by atoms with E-state index in [0.717, 1.165) is 13.1 Å². The summed E-state index contributed by atoms with van der Waals surface area (Å²) in [5, 5.41) is 0. The summed E-state index contributed by atoms with van der Waals surface area (Å²) < 4.78 is 11.2. The van der Waals surface area contributed by atoms with Gasteiger partial charge in [-0.25, -0.2) is 0 Å². The number of hydrogen-bond acceptors (Lipinski definition) is 5. The minimum absolute atomic E-state index is 0.148. The fourth-order valence-corrected chi connectivity index (χ4v) is 1.68. The number of hydrogen-bond donors (Lipinski definition) is 2. The maximum Gasteiger partial charge on any atom is 0.0976 e. The van der Waals surface area contributed by atoms with Crippen LogP contribution in [0.5, 0.6) is 0 Å². The van der Waals surface area contributed by atoms with Crippen LogP contribution in [0.15, 0.2) is 0 Å². The van der Waals surface area contributed by atoms with Crippen LogP contribution in [-0.4, -0.2) is 63.5 Å². The van der Waals surface area contributed by atoms with Crippen LogP contribution in [0.1, 0.15) is 13.8 Å². The first kappa shape index (κ1) is 15.8. The molecule has 0 bridgehead atoms. The topological polar surface area (TPSA) is 73.7 Å². The molecule has 98 valence electrons. The number of nitrogens with zero attached hydrogens (tertiary/aromatic N) is 1. The summed E-state index contributed by atoms with van der Waals surface area (Å²) in [5.41, 5.74) is 10.8. The van der Waals surface area contributed by atoms with Gasteiger partial charge in [0.05, 0.1) is 25.4 Å². The van der Waals surface area contributed by atoms with Crippen molar-refractivity contribution in [1.29, 1.82) is 0 Å². The lowest BCUT2D eigenvalue weighted by Gasteiger charge is -2.18. The third kappa shape index (κ3) is 5.77. The quantitative estimate of drug-likeness (QED) is 0.656. The lowest BCUT2D eigenvalue weighted by Crippen LogP contribution is -2.33.